The normalized spacial score (nSPS) is 12.3. The van der Waals surface area contributed by atoms with Gasteiger partial charge in [0.2, 0.25) is 0 Å². The molecular formula is C17H20Cl2N+. The molecule has 0 unspecified atom stereocenters. The molecule has 0 aliphatic rings. The number of halogens is 2. The summed E-state index contributed by atoms with van der Waals surface area (Å²) in [5.74, 6) is 0. The predicted octanol–water partition coefficient (Wildman–Crippen LogP) is 4.08. The van der Waals surface area contributed by atoms with Crippen molar-refractivity contribution in [2.24, 2.45) is 0 Å². The van der Waals surface area contributed by atoms with Crippen LogP contribution in [0.25, 0.3) is 0 Å². The van der Waals surface area contributed by atoms with Gasteiger partial charge in [-0.3, -0.25) is 0 Å². The van der Waals surface area contributed by atoms with Crippen LogP contribution in [-0.4, -0.2) is 6.04 Å². The lowest BCUT2D eigenvalue weighted by atomic mass is 10.1. The Morgan fingerprint density at radius 2 is 1.80 bits per heavy atom. The van der Waals surface area contributed by atoms with Crippen molar-refractivity contribution in [1.82, 2.24) is 0 Å². The summed E-state index contributed by atoms with van der Waals surface area (Å²) in [7, 11) is 0. The number of rotatable bonds is 6. The van der Waals surface area contributed by atoms with Gasteiger partial charge in [0.25, 0.3) is 0 Å². The molecule has 1 nitrogen and oxygen atoms in total. The average Bonchev–Trinajstić information content (AvgIpc) is 2.45. The van der Waals surface area contributed by atoms with Crippen molar-refractivity contribution in [3.63, 3.8) is 0 Å². The summed E-state index contributed by atoms with van der Waals surface area (Å²) in [6, 6.07) is 16.9. The first kappa shape index (κ1) is 15.4. The number of nitrogens with two attached hydrogens (primary N) is 1. The molecule has 0 aromatic heterocycles. The van der Waals surface area contributed by atoms with Crippen molar-refractivity contribution in [2.45, 2.75) is 32.4 Å². The maximum absolute atomic E-state index is 6.18. The molecule has 3 heteroatoms. The SMILES string of the molecule is C[C@H](CCc1ccccc1)[NH2+]Cc1ccc(Cl)cc1Cl. The number of quaternary nitrogens is 1. The van der Waals surface area contributed by atoms with Gasteiger partial charge in [0.1, 0.15) is 6.54 Å². The van der Waals surface area contributed by atoms with Gasteiger partial charge in [-0.2, -0.15) is 0 Å². The Morgan fingerprint density at radius 1 is 1.05 bits per heavy atom. The highest BCUT2D eigenvalue weighted by Crippen LogP contribution is 2.20. The first-order valence-electron chi connectivity index (χ1n) is 6.96. The molecule has 0 amide bonds. The van der Waals surface area contributed by atoms with Gasteiger partial charge in [-0.1, -0.05) is 59.6 Å². The van der Waals surface area contributed by atoms with Crippen LogP contribution in [0.5, 0.6) is 0 Å². The van der Waals surface area contributed by atoms with Crippen molar-refractivity contribution in [3.05, 3.63) is 69.7 Å². The molecule has 0 saturated carbocycles. The van der Waals surface area contributed by atoms with E-state index in [4.69, 9.17) is 23.2 Å². The lowest BCUT2D eigenvalue weighted by Crippen LogP contribution is -2.87. The van der Waals surface area contributed by atoms with E-state index in [1.54, 1.807) is 6.07 Å². The van der Waals surface area contributed by atoms with Crippen molar-refractivity contribution in [1.29, 1.82) is 0 Å². The van der Waals surface area contributed by atoms with Crippen LogP contribution in [0.15, 0.2) is 48.5 Å². The fourth-order valence-corrected chi connectivity index (χ4v) is 2.66. The molecule has 106 valence electrons. The minimum absolute atomic E-state index is 0.571. The lowest BCUT2D eigenvalue weighted by molar-refractivity contribution is -0.701. The Kier molecular flexibility index (Phi) is 5.90. The minimum atomic E-state index is 0.571. The maximum Gasteiger partial charge on any atom is 0.103 e. The molecule has 0 bridgehead atoms. The number of hydrogen-bond donors (Lipinski definition) is 1. The van der Waals surface area contributed by atoms with Crippen LogP contribution in [0.4, 0.5) is 0 Å². The monoisotopic (exact) mass is 308 g/mol. The van der Waals surface area contributed by atoms with E-state index in [0.29, 0.717) is 11.1 Å². The van der Waals surface area contributed by atoms with Gasteiger partial charge in [-0.05, 0) is 31.0 Å². The molecule has 0 spiro atoms. The summed E-state index contributed by atoms with van der Waals surface area (Å²) in [5, 5.41) is 3.78. The van der Waals surface area contributed by atoms with Gasteiger partial charge < -0.3 is 5.32 Å². The zero-order valence-electron chi connectivity index (χ0n) is 11.7. The summed E-state index contributed by atoms with van der Waals surface area (Å²) in [4.78, 5) is 0. The Morgan fingerprint density at radius 3 is 2.50 bits per heavy atom. The van der Waals surface area contributed by atoms with Gasteiger partial charge in [-0.25, -0.2) is 0 Å². The van der Waals surface area contributed by atoms with Crippen LogP contribution in [0, 0.1) is 0 Å². The van der Waals surface area contributed by atoms with Crippen LogP contribution in [0.2, 0.25) is 10.0 Å². The largest absolute Gasteiger partial charge is 0.340 e. The molecule has 0 aliphatic carbocycles. The van der Waals surface area contributed by atoms with E-state index in [0.717, 1.165) is 30.0 Å². The van der Waals surface area contributed by atoms with E-state index in [9.17, 15) is 0 Å². The highest BCUT2D eigenvalue weighted by Gasteiger charge is 2.08. The summed E-state index contributed by atoms with van der Waals surface area (Å²) in [5.41, 5.74) is 2.54. The summed E-state index contributed by atoms with van der Waals surface area (Å²) in [6.45, 7) is 3.15. The molecule has 2 aromatic carbocycles. The molecule has 0 fully saturated rings. The first-order valence-corrected chi connectivity index (χ1v) is 7.72. The Balaban J connectivity index is 1.79. The van der Waals surface area contributed by atoms with E-state index in [1.807, 2.05) is 12.1 Å². The van der Waals surface area contributed by atoms with Gasteiger partial charge in [-0.15, -0.1) is 0 Å². The zero-order chi connectivity index (χ0) is 14.4. The standard InChI is InChI=1S/C17H19Cl2N/c1-13(7-8-14-5-3-2-4-6-14)20-12-15-9-10-16(18)11-17(15)19/h2-6,9-11,13,20H,7-8,12H2,1H3/p+1/t13-/m1/s1. The van der Waals surface area contributed by atoms with Crippen LogP contribution < -0.4 is 5.32 Å². The highest BCUT2D eigenvalue weighted by atomic mass is 35.5. The Labute approximate surface area is 130 Å². The third-order valence-corrected chi connectivity index (χ3v) is 4.07. The second-order valence-electron chi connectivity index (χ2n) is 5.18. The van der Waals surface area contributed by atoms with Crippen molar-refractivity contribution >= 4 is 23.2 Å². The fourth-order valence-electron chi connectivity index (χ4n) is 2.17. The molecular weight excluding hydrogens is 289 g/mol. The molecule has 1 atom stereocenters. The quantitative estimate of drug-likeness (QED) is 0.828. The minimum Gasteiger partial charge on any atom is -0.340 e. The van der Waals surface area contributed by atoms with E-state index in [-0.39, 0.29) is 0 Å². The fraction of sp³-hybridized carbons (Fsp3) is 0.294. The Bertz CT molecular complexity index is 540. The molecule has 0 aliphatic heterocycles. The molecule has 2 aromatic rings. The van der Waals surface area contributed by atoms with Gasteiger partial charge in [0, 0.05) is 17.0 Å². The van der Waals surface area contributed by atoms with Gasteiger partial charge >= 0.3 is 0 Å². The van der Waals surface area contributed by atoms with Crippen LogP contribution >= 0.6 is 23.2 Å². The lowest BCUT2D eigenvalue weighted by Gasteiger charge is -2.11. The van der Waals surface area contributed by atoms with E-state index in [2.05, 4.69) is 42.6 Å². The van der Waals surface area contributed by atoms with Crippen molar-refractivity contribution in [3.8, 4) is 0 Å². The van der Waals surface area contributed by atoms with E-state index < -0.39 is 0 Å². The molecule has 0 saturated heterocycles. The van der Waals surface area contributed by atoms with Crippen LogP contribution in [0.3, 0.4) is 0 Å². The van der Waals surface area contributed by atoms with Crippen LogP contribution in [0.1, 0.15) is 24.5 Å². The van der Waals surface area contributed by atoms with E-state index >= 15 is 0 Å². The molecule has 0 radical (unpaired) electrons. The zero-order valence-corrected chi connectivity index (χ0v) is 13.2. The highest BCUT2D eigenvalue weighted by molar-refractivity contribution is 6.35. The smallest absolute Gasteiger partial charge is 0.103 e. The predicted molar refractivity (Wildman–Crippen MR) is 86.3 cm³/mol. The number of benzene rings is 2. The first-order chi connectivity index (χ1) is 9.65. The van der Waals surface area contributed by atoms with Crippen molar-refractivity contribution in [2.75, 3.05) is 0 Å². The average molecular weight is 309 g/mol. The maximum atomic E-state index is 6.18. The number of hydrogen-bond acceptors (Lipinski definition) is 0. The van der Waals surface area contributed by atoms with Crippen molar-refractivity contribution < 1.29 is 5.32 Å². The molecule has 0 heterocycles. The van der Waals surface area contributed by atoms with Gasteiger partial charge in [0.15, 0.2) is 0 Å². The summed E-state index contributed by atoms with van der Waals surface area (Å²) >= 11 is 12.1. The van der Waals surface area contributed by atoms with Crippen LogP contribution in [-0.2, 0) is 13.0 Å². The summed E-state index contributed by atoms with van der Waals surface area (Å²) < 4.78 is 0. The second-order valence-corrected chi connectivity index (χ2v) is 6.02. The molecule has 20 heavy (non-hydrogen) atoms. The number of aryl methyl sites for hydroxylation is 1. The topological polar surface area (TPSA) is 16.6 Å². The molecule has 2 N–H and O–H groups in total. The molecule has 2 rings (SSSR count). The summed E-state index contributed by atoms with van der Waals surface area (Å²) in [6.07, 6.45) is 2.28. The van der Waals surface area contributed by atoms with Gasteiger partial charge in [0.05, 0.1) is 11.1 Å². The second kappa shape index (κ2) is 7.68. The van der Waals surface area contributed by atoms with E-state index in [1.165, 1.54) is 5.56 Å². The third kappa shape index (κ3) is 4.82. The Hall–Kier alpha value is -1.02. The third-order valence-electron chi connectivity index (χ3n) is 3.49.